The van der Waals surface area contributed by atoms with E-state index in [1.54, 1.807) is 6.08 Å². The van der Waals surface area contributed by atoms with Gasteiger partial charge in [0.15, 0.2) is 5.60 Å². The number of ether oxygens (including phenoxy) is 1. The summed E-state index contributed by atoms with van der Waals surface area (Å²) < 4.78 is 19.6. The average Bonchev–Trinajstić information content (AvgIpc) is 3.05. The number of rotatable bonds is 4. The number of halogens is 1. The van der Waals surface area contributed by atoms with E-state index >= 15 is 0 Å². The first-order chi connectivity index (χ1) is 11.9. The molecule has 25 heavy (non-hydrogen) atoms. The summed E-state index contributed by atoms with van der Waals surface area (Å²) in [7, 11) is 0. The molecule has 0 N–H and O–H groups in total. The minimum absolute atomic E-state index is 0.0952. The van der Waals surface area contributed by atoms with Crippen LogP contribution in [0.5, 0.6) is 0 Å². The molecule has 0 bridgehead atoms. The van der Waals surface area contributed by atoms with E-state index in [0.717, 1.165) is 11.1 Å². The van der Waals surface area contributed by atoms with E-state index in [1.165, 1.54) is 5.56 Å². The maximum absolute atomic E-state index is 13.7. The van der Waals surface area contributed by atoms with Crippen LogP contribution in [-0.4, -0.2) is 24.7 Å². The fourth-order valence-corrected chi connectivity index (χ4v) is 2.74. The monoisotopic (exact) mass is 337 g/mol. The molecule has 3 heteroatoms. The SMILES string of the molecule is CC(C)(C)c1ccc(C2=NCC(/C=C/c3ccccc3)(CF)O2)cc1. The number of nitrogens with zero attached hydrogens (tertiary/aromatic N) is 1. The molecule has 0 spiro atoms. The summed E-state index contributed by atoms with van der Waals surface area (Å²) in [6.45, 7) is 6.21. The largest absolute Gasteiger partial charge is 0.462 e. The number of benzene rings is 2. The Labute approximate surface area is 149 Å². The lowest BCUT2D eigenvalue weighted by atomic mass is 9.87. The third-order valence-electron chi connectivity index (χ3n) is 4.39. The second kappa shape index (κ2) is 6.83. The third kappa shape index (κ3) is 3.98. The fourth-order valence-electron chi connectivity index (χ4n) is 2.74. The van der Waals surface area contributed by atoms with Gasteiger partial charge in [-0.1, -0.05) is 69.3 Å². The summed E-state index contributed by atoms with van der Waals surface area (Å²) in [5.41, 5.74) is 2.24. The van der Waals surface area contributed by atoms with E-state index in [9.17, 15) is 4.39 Å². The van der Waals surface area contributed by atoms with E-state index in [0.29, 0.717) is 12.4 Å². The average molecular weight is 337 g/mol. The highest BCUT2D eigenvalue weighted by atomic mass is 19.1. The molecule has 1 unspecified atom stereocenters. The van der Waals surface area contributed by atoms with Crippen LogP contribution in [0, 0.1) is 0 Å². The van der Waals surface area contributed by atoms with Crippen molar-refractivity contribution in [2.75, 3.05) is 13.2 Å². The normalized spacial score (nSPS) is 20.6. The lowest BCUT2D eigenvalue weighted by Gasteiger charge is -2.22. The van der Waals surface area contributed by atoms with Crippen LogP contribution in [0.4, 0.5) is 4.39 Å². The number of hydrogen-bond donors (Lipinski definition) is 0. The highest BCUT2D eigenvalue weighted by molar-refractivity contribution is 5.95. The molecule has 2 aromatic carbocycles. The Morgan fingerprint density at radius 2 is 1.76 bits per heavy atom. The minimum atomic E-state index is -1.01. The molecule has 1 aliphatic heterocycles. The number of alkyl halides is 1. The van der Waals surface area contributed by atoms with Gasteiger partial charge >= 0.3 is 0 Å². The van der Waals surface area contributed by atoms with Crippen molar-refractivity contribution < 1.29 is 9.13 Å². The molecular weight excluding hydrogens is 313 g/mol. The van der Waals surface area contributed by atoms with Crippen molar-refractivity contribution in [1.29, 1.82) is 0 Å². The van der Waals surface area contributed by atoms with Crippen molar-refractivity contribution >= 4 is 12.0 Å². The van der Waals surface area contributed by atoms with Crippen molar-refractivity contribution in [3.8, 4) is 0 Å². The molecule has 1 heterocycles. The molecule has 1 aliphatic rings. The highest BCUT2D eigenvalue weighted by Gasteiger charge is 2.36. The van der Waals surface area contributed by atoms with Crippen LogP contribution in [-0.2, 0) is 10.2 Å². The zero-order valence-electron chi connectivity index (χ0n) is 15.0. The van der Waals surface area contributed by atoms with Crippen molar-refractivity contribution in [2.24, 2.45) is 4.99 Å². The minimum Gasteiger partial charge on any atom is -0.462 e. The lowest BCUT2D eigenvalue weighted by molar-refractivity contribution is 0.108. The van der Waals surface area contributed by atoms with Gasteiger partial charge in [-0.15, -0.1) is 0 Å². The molecule has 0 fully saturated rings. The van der Waals surface area contributed by atoms with Crippen LogP contribution in [0.3, 0.4) is 0 Å². The van der Waals surface area contributed by atoms with Gasteiger partial charge in [0.2, 0.25) is 5.90 Å². The Hall–Kier alpha value is -2.42. The van der Waals surface area contributed by atoms with Gasteiger partial charge in [0.25, 0.3) is 0 Å². The smallest absolute Gasteiger partial charge is 0.217 e. The van der Waals surface area contributed by atoms with Crippen molar-refractivity contribution in [1.82, 2.24) is 0 Å². The molecule has 0 radical (unpaired) electrons. The molecule has 2 nitrogen and oxygen atoms in total. The van der Waals surface area contributed by atoms with E-state index in [-0.39, 0.29) is 5.41 Å². The Bertz CT molecular complexity index is 772. The summed E-state index contributed by atoms with van der Waals surface area (Å²) in [4.78, 5) is 4.44. The quantitative estimate of drug-likeness (QED) is 0.753. The molecule has 3 rings (SSSR count). The first-order valence-electron chi connectivity index (χ1n) is 8.57. The van der Waals surface area contributed by atoms with Gasteiger partial charge in [0.05, 0.1) is 6.54 Å². The van der Waals surface area contributed by atoms with Gasteiger partial charge in [-0.2, -0.15) is 0 Å². The molecule has 0 aliphatic carbocycles. The zero-order valence-corrected chi connectivity index (χ0v) is 15.0. The van der Waals surface area contributed by atoms with Gasteiger partial charge in [-0.3, -0.25) is 0 Å². The fraction of sp³-hybridized carbons (Fsp3) is 0.318. The van der Waals surface area contributed by atoms with E-state index < -0.39 is 12.3 Å². The Morgan fingerprint density at radius 1 is 1.08 bits per heavy atom. The molecule has 1 atom stereocenters. The summed E-state index contributed by atoms with van der Waals surface area (Å²) in [6.07, 6.45) is 3.67. The lowest BCUT2D eigenvalue weighted by Crippen LogP contribution is -2.33. The van der Waals surface area contributed by atoms with Crippen LogP contribution in [0.1, 0.15) is 37.5 Å². The second-order valence-electron chi connectivity index (χ2n) is 7.49. The van der Waals surface area contributed by atoms with Gasteiger partial charge < -0.3 is 4.74 Å². The Balaban J connectivity index is 1.75. The van der Waals surface area contributed by atoms with Crippen LogP contribution >= 0.6 is 0 Å². The van der Waals surface area contributed by atoms with Gasteiger partial charge in [0, 0.05) is 5.56 Å². The predicted octanol–water partition coefficient (Wildman–Crippen LogP) is 5.18. The first kappa shape index (κ1) is 17.4. The third-order valence-corrected chi connectivity index (χ3v) is 4.39. The molecule has 0 saturated carbocycles. The van der Waals surface area contributed by atoms with Crippen LogP contribution < -0.4 is 0 Å². The van der Waals surface area contributed by atoms with Gasteiger partial charge in [-0.25, -0.2) is 9.38 Å². The summed E-state index contributed by atoms with van der Waals surface area (Å²) in [5, 5.41) is 0. The van der Waals surface area contributed by atoms with Crippen molar-refractivity contribution in [2.45, 2.75) is 31.8 Å². The van der Waals surface area contributed by atoms with Gasteiger partial charge in [-0.05, 0) is 34.8 Å². The number of hydrogen-bond acceptors (Lipinski definition) is 2. The van der Waals surface area contributed by atoms with Gasteiger partial charge in [0.1, 0.15) is 6.67 Å². The van der Waals surface area contributed by atoms with Crippen LogP contribution in [0.15, 0.2) is 65.7 Å². The molecule has 2 aromatic rings. The van der Waals surface area contributed by atoms with E-state index in [2.05, 4.69) is 37.9 Å². The van der Waals surface area contributed by atoms with Crippen molar-refractivity contribution in [3.63, 3.8) is 0 Å². The first-order valence-corrected chi connectivity index (χ1v) is 8.57. The summed E-state index contributed by atoms with van der Waals surface area (Å²) in [5.74, 6) is 0.510. The highest BCUT2D eigenvalue weighted by Crippen LogP contribution is 2.27. The zero-order chi connectivity index (χ0) is 17.9. The maximum atomic E-state index is 13.7. The topological polar surface area (TPSA) is 21.6 Å². The summed E-state index contributed by atoms with van der Waals surface area (Å²) >= 11 is 0. The molecule has 0 amide bonds. The second-order valence-corrected chi connectivity index (χ2v) is 7.49. The van der Waals surface area contributed by atoms with E-state index in [4.69, 9.17) is 4.74 Å². The Morgan fingerprint density at radius 3 is 2.36 bits per heavy atom. The molecule has 0 saturated heterocycles. The van der Waals surface area contributed by atoms with E-state index in [1.807, 2.05) is 48.5 Å². The Kier molecular flexibility index (Phi) is 4.76. The molecular formula is C22H24FNO. The molecule has 130 valence electrons. The number of aliphatic imine (C=N–C) groups is 1. The van der Waals surface area contributed by atoms with Crippen LogP contribution in [0.25, 0.3) is 6.08 Å². The predicted molar refractivity (Wildman–Crippen MR) is 102 cm³/mol. The van der Waals surface area contributed by atoms with Crippen molar-refractivity contribution in [3.05, 3.63) is 77.4 Å². The standard InChI is InChI=1S/C22H24FNO/c1-21(2,3)19-11-9-18(10-12-19)20-24-16-22(15-23,25-20)14-13-17-7-5-4-6-8-17/h4-14H,15-16H2,1-3H3/b14-13+. The summed E-state index contributed by atoms with van der Waals surface area (Å²) in [6, 6.07) is 18.0. The maximum Gasteiger partial charge on any atom is 0.217 e. The molecule has 0 aromatic heterocycles. The van der Waals surface area contributed by atoms with Crippen LogP contribution in [0.2, 0.25) is 0 Å².